The van der Waals surface area contributed by atoms with Crippen LogP contribution in [0.5, 0.6) is 5.75 Å². The van der Waals surface area contributed by atoms with Gasteiger partial charge < -0.3 is 29.7 Å². The second kappa shape index (κ2) is 11.9. The van der Waals surface area contributed by atoms with Gasteiger partial charge in [0.25, 0.3) is 11.5 Å². The summed E-state index contributed by atoms with van der Waals surface area (Å²) < 4.78 is 20.3. The van der Waals surface area contributed by atoms with Crippen LogP contribution in [0.15, 0.2) is 71.2 Å². The largest absolute Gasteiger partial charge is 0.506 e. The summed E-state index contributed by atoms with van der Waals surface area (Å²) in [5.41, 5.74) is 2.05. The van der Waals surface area contributed by atoms with Crippen molar-refractivity contribution >= 4 is 11.6 Å². The normalized spacial score (nSPS) is 17.2. The standard InChI is InChI=1S/C27H31N3O7/c1-18-25(27(34)30(29(18)2)20-8-4-3-5-9-20)19-16-23(26(33)28-21-10-6-7-11-22(21)32)37-24(17-19)36-15-14-35-13-12-31/h3-11,16,19,24,31-32H,12-15,17H2,1-2H3,(H,28,33). The number of phenolic OH excluding ortho intramolecular Hbond substituents is 1. The number of nitrogens with one attached hydrogen (secondary N) is 1. The van der Waals surface area contributed by atoms with Crippen molar-refractivity contribution in [2.75, 3.05) is 31.7 Å². The van der Waals surface area contributed by atoms with Crippen LogP contribution in [0, 0.1) is 6.92 Å². The fourth-order valence-electron chi connectivity index (χ4n) is 4.30. The number of aliphatic hydroxyl groups excluding tert-OH is 1. The molecule has 0 radical (unpaired) electrons. The third kappa shape index (κ3) is 5.93. The molecule has 1 aliphatic rings. The van der Waals surface area contributed by atoms with Crippen molar-refractivity contribution in [1.29, 1.82) is 0 Å². The van der Waals surface area contributed by atoms with Crippen LogP contribution in [-0.2, 0) is 26.1 Å². The molecule has 3 N–H and O–H groups in total. The molecule has 2 heterocycles. The van der Waals surface area contributed by atoms with Gasteiger partial charge in [-0.05, 0) is 37.3 Å². The van der Waals surface area contributed by atoms with Crippen LogP contribution >= 0.6 is 0 Å². The summed E-state index contributed by atoms with van der Waals surface area (Å²) in [7, 11) is 1.81. The van der Waals surface area contributed by atoms with Gasteiger partial charge in [0, 0.05) is 30.6 Å². The zero-order chi connectivity index (χ0) is 26.4. The number of para-hydroxylation sites is 3. The summed E-state index contributed by atoms with van der Waals surface area (Å²) in [4.78, 5) is 26.7. The van der Waals surface area contributed by atoms with Gasteiger partial charge in [0.15, 0.2) is 5.76 Å². The number of amides is 1. The summed E-state index contributed by atoms with van der Waals surface area (Å²) in [6, 6.07) is 15.7. The zero-order valence-corrected chi connectivity index (χ0v) is 20.8. The van der Waals surface area contributed by atoms with Gasteiger partial charge in [-0.25, -0.2) is 4.68 Å². The Balaban J connectivity index is 1.65. The number of aromatic nitrogens is 2. The van der Waals surface area contributed by atoms with Crippen molar-refractivity contribution < 1.29 is 29.2 Å². The quantitative estimate of drug-likeness (QED) is 0.283. The smallest absolute Gasteiger partial charge is 0.290 e. The van der Waals surface area contributed by atoms with E-state index in [0.717, 1.165) is 11.4 Å². The summed E-state index contributed by atoms with van der Waals surface area (Å²) in [5.74, 6) is -1.14. The second-order valence-electron chi connectivity index (χ2n) is 8.57. The Morgan fingerprint density at radius 2 is 1.84 bits per heavy atom. The number of carbonyl (C=O) groups is 1. The fourth-order valence-corrected chi connectivity index (χ4v) is 4.30. The lowest BCUT2D eigenvalue weighted by Crippen LogP contribution is -2.32. The minimum absolute atomic E-state index is 0.0188. The maximum absolute atomic E-state index is 13.6. The molecule has 3 aromatic rings. The molecular weight excluding hydrogens is 478 g/mol. The molecule has 1 aliphatic heterocycles. The first-order valence-electron chi connectivity index (χ1n) is 12.0. The van der Waals surface area contributed by atoms with Crippen LogP contribution in [0.25, 0.3) is 5.69 Å². The van der Waals surface area contributed by atoms with E-state index < -0.39 is 18.1 Å². The van der Waals surface area contributed by atoms with Gasteiger partial charge in [0.05, 0.1) is 37.8 Å². The topological polar surface area (TPSA) is 124 Å². The van der Waals surface area contributed by atoms with Crippen molar-refractivity contribution in [2.45, 2.75) is 25.6 Å². The number of phenols is 1. The molecule has 37 heavy (non-hydrogen) atoms. The van der Waals surface area contributed by atoms with E-state index >= 15 is 0 Å². The lowest BCUT2D eigenvalue weighted by molar-refractivity contribution is -0.148. The van der Waals surface area contributed by atoms with E-state index in [1.54, 1.807) is 33.6 Å². The van der Waals surface area contributed by atoms with Crippen molar-refractivity contribution in [3.63, 3.8) is 0 Å². The van der Waals surface area contributed by atoms with Gasteiger partial charge in [-0.2, -0.15) is 0 Å². The molecule has 1 aromatic heterocycles. The number of carbonyl (C=O) groups excluding carboxylic acids is 1. The molecule has 0 saturated carbocycles. The van der Waals surface area contributed by atoms with E-state index in [0.29, 0.717) is 12.0 Å². The van der Waals surface area contributed by atoms with Gasteiger partial charge >= 0.3 is 0 Å². The predicted octanol–water partition coefficient (Wildman–Crippen LogP) is 2.57. The number of allylic oxidation sites excluding steroid dienone is 1. The fraction of sp³-hybridized carbons (Fsp3) is 0.333. The van der Waals surface area contributed by atoms with Crippen molar-refractivity contribution in [3.8, 4) is 11.4 Å². The molecule has 0 bridgehead atoms. The first kappa shape index (κ1) is 26.2. The molecule has 0 spiro atoms. The van der Waals surface area contributed by atoms with Crippen molar-refractivity contribution in [3.05, 3.63) is 88.0 Å². The number of hydrogen-bond acceptors (Lipinski definition) is 7. The summed E-state index contributed by atoms with van der Waals surface area (Å²) in [6.45, 7) is 2.36. The first-order valence-corrected chi connectivity index (χ1v) is 12.0. The molecule has 4 rings (SSSR count). The van der Waals surface area contributed by atoms with Crippen LogP contribution in [0.3, 0.4) is 0 Å². The van der Waals surface area contributed by atoms with E-state index in [1.807, 2.05) is 44.3 Å². The van der Waals surface area contributed by atoms with Gasteiger partial charge in [-0.3, -0.25) is 14.3 Å². The Morgan fingerprint density at radius 1 is 1.11 bits per heavy atom. The number of benzene rings is 2. The average Bonchev–Trinajstić information content (AvgIpc) is 3.13. The molecular formula is C27H31N3O7. The Kier molecular flexibility index (Phi) is 8.44. The van der Waals surface area contributed by atoms with E-state index in [4.69, 9.17) is 19.3 Å². The Bertz CT molecular complexity index is 1310. The minimum atomic E-state index is -0.818. The highest BCUT2D eigenvalue weighted by Gasteiger charge is 2.33. The molecule has 0 fully saturated rings. The van der Waals surface area contributed by atoms with Crippen LogP contribution in [0.4, 0.5) is 5.69 Å². The highest BCUT2D eigenvalue weighted by Crippen LogP contribution is 2.33. The molecule has 0 saturated heterocycles. The Labute approximate surface area is 214 Å². The third-order valence-electron chi connectivity index (χ3n) is 6.17. The van der Waals surface area contributed by atoms with Gasteiger partial charge in [-0.1, -0.05) is 30.3 Å². The van der Waals surface area contributed by atoms with Gasteiger partial charge in [0.1, 0.15) is 5.75 Å². The number of nitrogens with zero attached hydrogens (tertiary/aromatic N) is 2. The van der Waals surface area contributed by atoms with E-state index in [9.17, 15) is 14.7 Å². The lowest BCUT2D eigenvalue weighted by atomic mass is 9.93. The third-order valence-corrected chi connectivity index (χ3v) is 6.17. The first-order chi connectivity index (χ1) is 17.9. The summed E-state index contributed by atoms with van der Waals surface area (Å²) in [6.07, 6.45) is 1.11. The second-order valence-corrected chi connectivity index (χ2v) is 8.57. The van der Waals surface area contributed by atoms with E-state index in [2.05, 4.69) is 5.32 Å². The Hall–Kier alpha value is -3.86. The molecule has 196 valence electrons. The predicted molar refractivity (Wildman–Crippen MR) is 137 cm³/mol. The van der Waals surface area contributed by atoms with Crippen molar-refractivity contribution in [2.24, 2.45) is 7.05 Å². The SMILES string of the molecule is Cc1c(C2C=C(C(=O)Nc3ccccc3O)OC(OCCOCCO)C2)c(=O)n(-c2ccccc2)n1C. The highest BCUT2D eigenvalue weighted by atomic mass is 16.7. The molecule has 2 aromatic carbocycles. The maximum Gasteiger partial charge on any atom is 0.290 e. The van der Waals surface area contributed by atoms with Crippen LogP contribution in [0.1, 0.15) is 23.6 Å². The van der Waals surface area contributed by atoms with Crippen LogP contribution < -0.4 is 10.9 Å². The molecule has 2 unspecified atom stereocenters. The minimum Gasteiger partial charge on any atom is -0.506 e. The maximum atomic E-state index is 13.6. The van der Waals surface area contributed by atoms with Gasteiger partial charge in [-0.15, -0.1) is 0 Å². The molecule has 2 atom stereocenters. The lowest BCUT2D eigenvalue weighted by Gasteiger charge is -2.29. The monoisotopic (exact) mass is 509 g/mol. The van der Waals surface area contributed by atoms with Crippen molar-refractivity contribution in [1.82, 2.24) is 9.36 Å². The van der Waals surface area contributed by atoms with Crippen LogP contribution in [0.2, 0.25) is 0 Å². The van der Waals surface area contributed by atoms with E-state index in [-0.39, 0.29) is 49.2 Å². The summed E-state index contributed by atoms with van der Waals surface area (Å²) in [5, 5.41) is 21.6. The number of hydrogen-bond donors (Lipinski definition) is 3. The highest BCUT2D eigenvalue weighted by molar-refractivity contribution is 6.03. The molecule has 10 nitrogen and oxygen atoms in total. The molecule has 10 heteroatoms. The number of aromatic hydroxyl groups is 1. The van der Waals surface area contributed by atoms with E-state index in [1.165, 1.54) is 6.07 Å². The van der Waals surface area contributed by atoms with Gasteiger partial charge in [0.2, 0.25) is 6.29 Å². The van der Waals surface area contributed by atoms with Crippen LogP contribution in [-0.4, -0.2) is 58.2 Å². The zero-order valence-electron chi connectivity index (χ0n) is 20.8. The molecule has 0 aliphatic carbocycles. The molecule has 1 amide bonds. The number of ether oxygens (including phenoxy) is 3. The Morgan fingerprint density at radius 3 is 2.57 bits per heavy atom. The number of rotatable bonds is 10. The number of anilines is 1. The average molecular weight is 510 g/mol. The summed E-state index contributed by atoms with van der Waals surface area (Å²) >= 11 is 0. The number of aliphatic hydroxyl groups is 1.